The zero-order valence-corrected chi connectivity index (χ0v) is 13.5. The molecule has 1 saturated heterocycles. The molecule has 118 valence electrons. The molecular formula is C14H28N2O4. The van der Waals surface area contributed by atoms with Crippen molar-refractivity contribution in [3.05, 3.63) is 0 Å². The van der Waals surface area contributed by atoms with E-state index in [-0.39, 0.29) is 12.1 Å². The predicted octanol–water partition coefficient (Wildman–Crippen LogP) is 2.08. The van der Waals surface area contributed by atoms with E-state index in [0.717, 1.165) is 25.5 Å². The average molecular weight is 288 g/mol. The number of ether oxygens (including phenoxy) is 1. The molecule has 0 aromatic heterocycles. The van der Waals surface area contributed by atoms with Gasteiger partial charge >= 0.3 is 6.09 Å². The molecule has 20 heavy (non-hydrogen) atoms. The van der Waals surface area contributed by atoms with Crippen molar-refractivity contribution >= 4 is 12.4 Å². The highest BCUT2D eigenvalue weighted by atomic mass is 16.7. The van der Waals surface area contributed by atoms with Gasteiger partial charge in [-0.1, -0.05) is 6.92 Å². The van der Waals surface area contributed by atoms with Crippen LogP contribution in [0.3, 0.4) is 0 Å². The van der Waals surface area contributed by atoms with E-state index in [4.69, 9.17) is 4.74 Å². The molecule has 0 aromatic carbocycles. The molecule has 0 N–H and O–H groups in total. The van der Waals surface area contributed by atoms with E-state index in [0.29, 0.717) is 6.54 Å². The molecule has 1 fully saturated rings. The van der Waals surface area contributed by atoms with Crippen molar-refractivity contribution in [2.45, 2.75) is 51.7 Å². The molecule has 6 heteroatoms. The number of rotatable bonds is 4. The maximum atomic E-state index is 11.7. The van der Waals surface area contributed by atoms with Crippen LogP contribution in [0.15, 0.2) is 0 Å². The standard InChI is InChI=1S/C11H19NO3.C3H9NO/c1-4-11(2,3)15-10(14)12-7-5-6-9(12)8-13;1-4(2)5-3/h8-9H,4-7H2,1-3H3;1-3H3. The Morgan fingerprint density at radius 2 is 2.00 bits per heavy atom. The van der Waals surface area contributed by atoms with Crippen LogP contribution in [-0.4, -0.2) is 61.7 Å². The van der Waals surface area contributed by atoms with E-state index >= 15 is 0 Å². The van der Waals surface area contributed by atoms with Crippen molar-refractivity contribution in [3.63, 3.8) is 0 Å². The average Bonchev–Trinajstić information content (AvgIpc) is 2.87. The lowest BCUT2D eigenvalue weighted by Crippen LogP contribution is -2.41. The van der Waals surface area contributed by atoms with Crippen LogP contribution in [0.2, 0.25) is 0 Å². The number of hydrogen-bond donors (Lipinski definition) is 0. The first-order chi connectivity index (χ1) is 9.27. The van der Waals surface area contributed by atoms with Crippen molar-refractivity contribution in [1.82, 2.24) is 9.96 Å². The van der Waals surface area contributed by atoms with Crippen LogP contribution in [-0.2, 0) is 14.4 Å². The summed E-state index contributed by atoms with van der Waals surface area (Å²) in [6.45, 7) is 6.34. The smallest absolute Gasteiger partial charge is 0.410 e. The molecule has 1 aliphatic heterocycles. The summed E-state index contributed by atoms with van der Waals surface area (Å²) in [5.41, 5.74) is -0.451. The molecule has 1 aliphatic rings. The highest BCUT2D eigenvalue weighted by molar-refractivity contribution is 5.74. The third kappa shape index (κ3) is 6.86. The highest BCUT2D eigenvalue weighted by Gasteiger charge is 2.32. The molecule has 1 amide bonds. The number of nitrogens with zero attached hydrogens (tertiary/aromatic N) is 2. The van der Waals surface area contributed by atoms with Crippen LogP contribution >= 0.6 is 0 Å². The maximum Gasteiger partial charge on any atom is 0.410 e. The molecule has 0 spiro atoms. The topological polar surface area (TPSA) is 59.1 Å². The molecule has 1 unspecified atom stereocenters. The minimum atomic E-state index is -0.451. The first-order valence-corrected chi connectivity index (χ1v) is 6.93. The lowest BCUT2D eigenvalue weighted by atomic mass is 10.1. The summed E-state index contributed by atoms with van der Waals surface area (Å²) >= 11 is 0. The van der Waals surface area contributed by atoms with Gasteiger partial charge in [0.1, 0.15) is 11.9 Å². The number of aldehydes is 1. The fourth-order valence-electron chi connectivity index (χ4n) is 1.53. The summed E-state index contributed by atoms with van der Waals surface area (Å²) in [6, 6.07) is -0.287. The predicted molar refractivity (Wildman–Crippen MR) is 77.3 cm³/mol. The number of hydrogen-bond acceptors (Lipinski definition) is 5. The van der Waals surface area contributed by atoms with Gasteiger partial charge in [-0.2, -0.15) is 5.06 Å². The van der Waals surface area contributed by atoms with Crippen LogP contribution < -0.4 is 0 Å². The number of carbonyl (C=O) groups excluding carboxylic acids is 2. The number of hydroxylamine groups is 2. The maximum absolute atomic E-state index is 11.7. The molecule has 0 bridgehead atoms. The third-order valence-electron chi connectivity index (χ3n) is 3.27. The Balaban J connectivity index is 0.000000621. The molecule has 1 heterocycles. The zero-order chi connectivity index (χ0) is 15.8. The van der Waals surface area contributed by atoms with Gasteiger partial charge in [-0.3, -0.25) is 4.90 Å². The first kappa shape index (κ1) is 18.9. The molecule has 1 atom stereocenters. The molecule has 0 aromatic rings. The molecular weight excluding hydrogens is 260 g/mol. The molecule has 6 nitrogen and oxygen atoms in total. The van der Waals surface area contributed by atoms with Gasteiger partial charge in [0.25, 0.3) is 0 Å². The van der Waals surface area contributed by atoms with Crippen molar-refractivity contribution in [2.24, 2.45) is 0 Å². The second-order valence-corrected chi connectivity index (χ2v) is 5.52. The van der Waals surface area contributed by atoms with E-state index in [1.807, 2.05) is 34.9 Å². The lowest BCUT2D eigenvalue weighted by molar-refractivity contribution is -0.111. The SMILES string of the molecule is CCC(C)(C)OC(=O)N1CCCC1C=O.CON(C)C. The molecule has 1 rings (SSSR count). The number of carbonyl (C=O) groups is 2. The van der Waals surface area contributed by atoms with E-state index in [9.17, 15) is 9.59 Å². The zero-order valence-electron chi connectivity index (χ0n) is 13.5. The first-order valence-electron chi connectivity index (χ1n) is 6.93. The van der Waals surface area contributed by atoms with Gasteiger partial charge in [0.05, 0.1) is 13.2 Å². The van der Waals surface area contributed by atoms with Gasteiger partial charge in [0.15, 0.2) is 0 Å². The Bertz CT molecular complexity index is 306. The second-order valence-electron chi connectivity index (χ2n) is 5.52. The Hall–Kier alpha value is -1.14. The Morgan fingerprint density at radius 3 is 2.40 bits per heavy atom. The van der Waals surface area contributed by atoms with Crippen molar-refractivity contribution < 1.29 is 19.2 Å². The van der Waals surface area contributed by atoms with Gasteiger partial charge in [-0.15, -0.1) is 0 Å². The summed E-state index contributed by atoms with van der Waals surface area (Å²) in [5, 5.41) is 1.62. The third-order valence-corrected chi connectivity index (χ3v) is 3.27. The normalized spacial score (nSPS) is 18.6. The van der Waals surface area contributed by atoms with E-state index in [1.54, 1.807) is 12.2 Å². The summed E-state index contributed by atoms with van der Waals surface area (Å²) < 4.78 is 5.33. The summed E-state index contributed by atoms with van der Waals surface area (Å²) in [5.74, 6) is 0. The molecule has 0 radical (unpaired) electrons. The minimum absolute atomic E-state index is 0.287. The van der Waals surface area contributed by atoms with Crippen LogP contribution in [0, 0.1) is 0 Å². The second kappa shape index (κ2) is 8.92. The molecule has 0 aliphatic carbocycles. The fourth-order valence-corrected chi connectivity index (χ4v) is 1.53. The van der Waals surface area contributed by atoms with Crippen LogP contribution in [0.1, 0.15) is 40.0 Å². The van der Waals surface area contributed by atoms with Crippen LogP contribution in [0.25, 0.3) is 0 Å². The van der Waals surface area contributed by atoms with Gasteiger partial charge in [-0.05, 0) is 33.1 Å². The lowest BCUT2D eigenvalue weighted by Gasteiger charge is -2.28. The van der Waals surface area contributed by atoms with Gasteiger partial charge < -0.3 is 14.4 Å². The molecule has 0 saturated carbocycles. The van der Waals surface area contributed by atoms with E-state index in [1.165, 1.54) is 4.90 Å². The van der Waals surface area contributed by atoms with E-state index in [2.05, 4.69) is 4.84 Å². The monoisotopic (exact) mass is 288 g/mol. The van der Waals surface area contributed by atoms with Crippen molar-refractivity contribution in [3.8, 4) is 0 Å². The Morgan fingerprint density at radius 1 is 1.45 bits per heavy atom. The highest BCUT2D eigenvalue weighted by Crippen LogP contribution is 2.21. The van der Waals surface area contributed by atoms with Gasteiger partial charge in [0.2, 0.25) is 0 Å². The number of amides is 1. The Kier molecular flexibility index (Phi) is 8.41. The number of likely N-dealkylation sites (tertiary alicyclic amines) is 1. The van der Waals surface area contributed by atoms with Gasteiger partial charge in [-0.25, -0.2) is 4.79 Å². The Labute approximate surface area is 122 Å². The van der Waals surface area contributed by atoms with E-state index < -0.39 is 5.60 Å². The minimum Gasteiger partial charge on any atom is -0.443 e. The van der Waals surface area contributed by atoms with Crippen molar-refractivity contribution in [1.29, 1.82) is 0 Å². The quantitative estimate of drug-likeness (QED) is 0.585. The largest absolute Gasteiger partial charge is 0.443 e. The summed E-state index contributed by atoms with van der Waals surface area (Å²) in [6.07, 6.45) is 2.86. The van der Waals surface area contributed by atoms with Crippen molar-refractivity contribution in [2.75, 3.05) is 27.7 Å². The summed E-state index contributed by atoms with van der Waals surface area (Å²) in [7, 11) is 5.29. The summed E-state index contributed by atoms with van der Waals surface area (Å²) in [4.78, 5) is 28.5. The fraction of sp³-hybridized carbons (Fsp3) is 0.857. The van der Waals surface area contributed by atoms with Gasteiger partial charge in [0, 0.05) is 20.6 Å². The van der Waals surface area contributed by atoms with Crippen LogP contribution in [0.5, 0.6) is 0 Å². The van der Waals surface area contributed by atoms with Crippen LogP contribution in [0.4, 0.5) is 4.79 Å².